The van der Waals surface area contributed by atoms with E-state index in [0.717, 1.165) is 13.2 Å². The van der Waals surface area contributed by atoms with Crippen LogP contribution in [0.5, 0.6) is 0 Å². The maximum Gasteiger partial charge on any atom is 0.113 e. The normalized spacial score (nSPS) is 49.8. The van der Waals surface area contributed by atoms with E-state index < -0.39 is 0 Å². The zero-order chi connectivity index (χ0) is 17.6. The van der Waals surface area contributed by atoms with Gasteiger partial charge in [-0.05, 0) is 112 Å². The van der Waals surface area contributed by atoms with Crippen molar-refractivity contribution < 1.29 is 9.47 Å². The molecule has 4 heteroatoms. The predicted molar refractivity (Wildman–Crippen MR) is 112 cm³/mol. The van der Waals surface area contributed by atoms with Crippen molar-refractivity contribution in [1.82, 2.24) is 0 Å². The Labute approximate surface area is 168 Å². The summed E-state index contributed by atoms with van der Waals surface area (Å²) in [5, 5.41) is 0. The van der Waals surface area contributed by atoms with E-state index in [2.05, 4.69) is 23.5 Å². The zero-order valence-electron chi connectivity index (χ0n) is 16.4. The smallest absolute Gasteiger partial charge is 0.113 e. The predicted octanol–water partition coefficient (Wildman–Crippen LogP) is 6.38. The Morgan fingerprint density at radius 1 is 0.462 bits per heavy atom. The fourth-order valence-corrected chi connectivity index (χ4v) is 9.03. The quantitative estimate of drug-likeness (QED) is 0.472. The van der Waals surface area contributed by atoms with Gasteiger partial charge in [-0.15, -0.1) is 23.5 Å². The number of rotatable bonds is 0. The molecular weight excluding hydrogens is 360 g/mol. The lowest BCUT2D eigenvalue weighted by Gasteiger charge is -2.55. The third kappa shape index (κ3) is 3.50. The molecule has 5 fully saturated rings. The monoisotopic (exact) mass is 396 g/mol. The number of thioether (sulfide) groups is 2. The van der Waals surface area contributed by atoms with E-state index in [1.165, 1.54) is 101 Å². The van der Waals surface area contributed by atoms with Gasteiger partial charge in [0.15, 0.2) is 0 Å². The lowest BCUT2D eigenvalue weighted by atomic mass is 9.55. The summed E-state index contributed by atoms with van der Waals surface area (Å²) in [4.78, 5) is 0.427. The third-order valence-electron chi connectivity index (χ3n) is 8.55. The topological polar surface area (TPSA) is 18.5 Å². The Morgan fingerprint density at radius 2 is 0.808 bits per heavy atom. The molecule has 0 amide bonds. The van der Waals surface area contributed by atoms with Gasteiger partial charge in [-0.3, -0.25) is 0 Å². The molecule has 4 spiro atoms. The lowest BCUT2D eigenvalue weighted by molar-refractivity contribution is -0.0747. The van der Waals surface area contributed by atoms with Crippen LogP contribution in [0, 0.1) is 10.8 Å². The molecule has 0 aromatic carbocycles. The van der Waals surface area contributed by atoms with Crippen LogP contribution in [0.4, 0.5) is 0 Å². The molecule has 5 aliphatic rings. The summed E-state index contributed by atoms with van der Waals surface area (Å²) in [6.07, 6.45) is 19.5. The van der Waals surface area contributed by atoms with Crippen molar-refractivity contribution >= 4 is 23.5 Å². The second-order valence-electron chi connectivity index (χ2n) is 9.92. The van der Waals surface area contributed by atoms with Crippen LogP contribution >= 0.6 is 23.5 Å². The Kier molecular flexibility index (Phi) is 5.12. The van der Waals surface area contributed by atoms with E-state index in [1.807, 2.05) is 0 Å². The van der Waals surface area contributed by atoms with Gasteiger partial charge in [0.05, 0.1) is 0 Å². The van der Waals surface area contributed by atoms with Crippen LogP contribution in [-0.2, 0) is 9.47 Å². The second-order valence-corrected chi connectivity index (χ2v) is 12.8. The van der Waals surface area contributed by atoms with Gasteiger partial charge in [0.1, 0.15) is 9.87 Å². The summed E-state index contributed by atoms with van der Waals surface area (Å²) < 4.78 is 12.5. The molecule has 2 heterocycles. The van der Waals surface area contributed by atoms with Crippen LogP contribution in [0.15, 0.2) is 0 Å². The van der Waals surface area contributed by atoms with E-state index >= 15 is 0 Å². The maximum atomic E-state index is 6.26. The van der Waals surface area contributed by atoms with Crippen LogP contribution in [0.3, 0.4) is 0 Å². The molecule has 2 aliphatic heterocycles. The molecule has 0 N–H and O–H groups in total. The molecule has 2 saturated heterocycles. The summed E-state index contributed by atoms with van der Waals surface area (Å²) in [6, 6.07) is 0. The largest absolute Gasteiger partial charge is 0.364 e. The fraction of sp³-hybridized carbons (Fsp3) is 1.00. The first-order valence-electron chi connectivity index (χ1n) is 11.2. The van der Waals surface area contributed by atoms with Gasteiger partial charge >= 0.3 is 0 Å². The van der Waals surface area contributed by atoms with Crippen LogP contribution in [0.25, 0.3) is 0 Å². The third-order valence-corrected chi connectivity index (χ3v) is 11.6. The summed E-state index contributed by atoms with van der Waals surface area (Å²) in [6.45, 7) is 2.01. The van der Waals surface area contributed by atoms with Crippen molar-refractivity contribution in [3.05, 3.63) is 0 Å². The lowest BCUT2D eigenvalue weighted by Crippen LogP contribution is -2.46. The molecule has 0 atom stereocenters. The average molecular weight is 397 g/mol. The summed E-state index contributed by atoms with van der Waals surface area (Å²) >= 11 is 4.26. The zero-order valence-corrected chi connectivity index (χ0v) is 18.0. The van der Waals surface area contributed by atoms with Gasteiger partial charge in [0.2, 0.25) is 0 Å². The Morgan fingerprint density at radius 3 is 1.12 bits per heavy atom. The first kappa shape index (κ1) is 18.6. The summed E-state index contributed by atoms with van der Waals surface area (Å²) in [7, 11) is 0. The van der Waals surface area contributed by atoms with Crippen molar-refractivity contribution in [3.8, 4) is 0 Å². The summed E-state index contributed by atoms with van der Waals surface area (Å²) in [5.74, 6) is 2.63. The van der Waals surface area contributed by atoms with Crippen LogP contribution in [0.1, 0.15) is 89.9 Å². The Bertz CT molecular complexity index is 430. The molecule has 148 valence electrons. The van der Waals surface area contributed by atoms with Crippen molar-refractivity contribution in [1.29, 1.82) is 0 Å². The molecule has 0 aromatic heterocycles. The van der Waals surface area contributed by atoms with Crippen LogP contribution in [0.2, 0.25) is 0 Å². The molecule has 0 radical (unpaired) electrons. The molecule has 0 unspecified atom stereocenters. The van der Waals surface area contributed by atoms with Crippen LogP contribution < -0.4 is 0 Å². The van der Waals surface area contributed by atoms with Gasteiger partial charge in [-0.1, -0.05) is 0 Å². The highest BCUT2D eigenvalue weighted by atomic mass is 32.2. The number of ether oxygens (including phenoxy) is 2. The van der Waals surface area contributed by atoms with Crippen molar-refractivity contribution in [2.45, 2.75) is 99.8 Å². The number of hydrogen-bond donors (Lipinski definition) is 0. The Balaban J connectivity index is 1.16. The minimum atomic E-state index is 0.214. The molecule has 26 heavy (non-hydrogen) atoms. The molecule has 3 saturated carbocycles. The van der Waals surface area contributed by atoms with E-state index in [0.29, 0.717) is 10.8 Å². The van der Waals surface area contributed by atoms with Gasteiger partial charge < -0.3 is 9.47 Å². The van der Waals surface area contributed by atoms with Gasteiger partial charge in [0.25, 0.3) is 0 Å². The maximum absolute atomic E-state index is 6.26. The number of hydrogen-bond acceptors (Lipinski definition) is 4. The van der Waals surface area contributed by atoms with E-state index in [4.69, 9.17) is 9.47 Å². The first-order valence-corrected chi connectivity index (χ1v) is 13.2. The molecule has 3 aliphatic carbocycles. The minimum Gasteiger partial charge on any atom is -0.364 e. The standard InChI is InChI=1S/C22H36O2S2/c1-15-23-21(25-17-1)11-7-19(8-12-21)3-5-20(6-4-19)9-13-22(14-10-20)24-16-2-18-26-22/h1-18H2. The average Bonchev–Trinajstić information content (AvgIpc) is 2.71. The van der Waals surface area contributed by atoms with E-state index in [-0.39, 0.29) is 9.87 Å². The highest BCUT2D eigenvalue weighted by molar-refractivity contribution is 8.00. The Hall–Kier alpha value is 0.620. The highest BCUT2D eigenvalue weighted by Crippen LogP contribution is 2.61. The van der Waals surface area contributed by atoms with Crippen molar-refractivity contribution in [2.24, 2.45) is 10.8 Å². The molecular formula is C22H36O2S2. The molecule has 0 aromatic rings. The SMILES string of the molecule is C1COC2(CCC3(CCC4(CC3)CCC3(CC4)OCCCS3)CC2)SC1. The van der Waals surface area contributed by atoms with E-state index in [1.54, 1.807) is 0 Å². The molecule has 5 rings (SSSR count). The van der Waals surface area contributed by atoms with Gasteiger partial charge in [0, 0.05) is 13.2 Å². The first-order chi connectivity index (χ1) is 12.7. The van der Waals surface area contributed by atoms with Crippen molar-refractivity contribution in [2.75, 3.05) is 24.7 Å². The van der Waals surface area contributed by atoms with E-state index in [9.17, 15) is 0 Å². The van der Waals surface area contributed by atoms with Gasteiger partial charge in [-0.2, -0.15) is 0 Å². The second kappa shape index (κ2) is 7.15. The minimum absolute atomic E-state index is 0.214. The summed E-state index contributed by atoms with van der Waals surface area (Å²) in [5.41, 5.74) is 1.34. The fourth-order valence-electron chi connectivity index (χ4n) is 6.44. The highest BCUT2D eigenvalue weighted by Gasteiger charge is 2.51. The van der Waals surface area contributed by atoms with Crippen molar-refractivity contribution in [3.63, 3.8) is 0 Å². The van der Waals surface area contributed by atoms with Crippen LogP contribution in [-0.4, -0.2) is 34.6 Å². The molecule has 2 nitrogen and oxygen atoms in total. The molecule has 0 bridgehead atoms. The van der Waals surface area contributed by atoms with Gasteiger partial charge in [-0.25, -0.2) is 0 Å².